The Morgan fingerprint density at radius 3 is 1.03 bits per heavy atom. The third-order valence-corrected chi connectivity index (χ3v) is 20.2. The first kappa shape index (κ1) is 101. The van der Waals surface area contributed by atoms with E-state index in [0.717, 1.165) is 50.6 Å². The van der Waals surface area contributed by atoms with Gasteiger partial charge in [-0.15, -0.1) is 0 Å². The van der Waals surface area contributed by atoms with Crippen molar-refractivity contribution in [3.05, 3.63) is 89.5 Å². The largest absolute Gasteiger partial charge is 0.480 e. The van der Waals surface area contributed by atoms with Crippen molar-refractivity contribution in [2.45, 2.75) is 103 Å². The Kier molecular flexibility index (Phi) is 46.0. The molecule has 0 aromatic heterocycles. The highest BCUT2D eigenvalue weighted by Gasteiger charge is 2.39. The highest BCUT2D eigenvalue weighted by Crippen LogP contribution is 2.30. The van der Waals surface area contributed by atoms with Gasteiger partial charge in [0.15, 0.2) is 0 Å². The average molecular weight is 1700 g/mol. The molecule has 5 rings (SSSR count). The second-order valence-electron chi connectivity index (χ2n) is 27.4. The Morgan fingerprint density at radius 2 is 0.675 bits per heavy atom. The summed E-state index contributed by atoms with van der Waals surface area (Å²) in [5, 5.41) is 165. The maximum Gasteiger partial charge on any atom is 0.317 e. The van der Waals surface area contributed by atoms with E-state index in [9.17, 15) is 128 Å². The molecule has 640 valence electrons. The zero-order chi connectivity index (χ0) is 87.4. The number of carbonyl (C=O) groups is 14. The first-order valence-corrected chi connectivity index (χ1v) is 38.5. The molecule has 1 aliphatic heterocycles. The molecule has 117 heavy (non-hydrogen) atoms. The molecule has 14 N–H and O–H groups in total. The van der Waals surface area contributed by atoms with Crippen molar-refractivity contribution in [2.75, 3.05) is 157 Å². The Bertz CT molecular complexity index is 3880. The third kappa shape index (κ3) is 42.7. The first-order chi connectivity index (χ1) is 55.2. The summed E-state index contributed by atoms with van der Waals surface area (Å²) in [6, 6.07) is 16.9. The lowest BCUT2D eigenvalue weighted by molar-refractivity contribution is -0.147. The highest BCUT2D eigenvalue weighted by molar-refractivity contribution is 8.04. The van der Waals surface area contributed by atoms with Crippen molar-refractivity contribution in [3.8, 4) is 16.2 Å². The third-order valence-electron chi connectivity index (χ3n) is 18.4. The van der Waals surface area contributed by atoms with Gasteiger partial charge in [0.1, 0.15) is 16.2 Å². The van der Waals surface area contributed by atoms with Gasteiger partial charge in [0.05, 0.1) is 91.6 Å². The van der Waals surface area contributed by atoms with Crippen LogP contribution in [0.15, 0.2) is 87.5 Å². The molecule has 1 saturated carbocycles. The first-order valence-electron chi connectivity index (χ1n) is 36.1. The smallest absolute Gasteiger partial charge is 0.317 e. The van der Waals surface area contributed by atoms with Gasteiger partial charge in [-0.05, 0) is 127 Å². The van der Waals surface area contributed by atoms with Gasteiger partial charge in [0.25, 0.3) is 0 Å². The fourth-order valence-corrected chi connectivity index (χ4v) is 14.7. The second kappa shape index (κ2) is 53.6. The van der Waals surface area contributed by atoms with Crippen LogP contribution >= 0.6 is 35.3 Å². The number of carboxylic acid groups (broad SMARTS) is 14. The quantitative estimate of drug-likeness (QED) is 0.0269. The number of nitrogens with zero attached hydrogens (tertiary/aromatic N) is 13. The topological polar surface area (TPSA) is 626 Å². The number of rotatable bonds is 48. The molecule has 0 spiro atoms. The molecular formula is C73H97N13O28S3. The van der Waals surface area contributed by atoms with Gasteiger partial charge in [0, 0.05) is 116 Å². The SMILES string of the molecule is CC(CN(CC(=O)O)CC(Cc1ccc(SC#N)cc1)N(CC(=O)O)CC(=O)O)N(CC(=O)O)CC(=O)O.N#CSc1ccc(CC2CN(CC(=O)O)CCN(CC(=O)O)CCN(CC(=O)O)CCN2CC(=O)O)cc1.N#CSc1ccc(C[C@H](CN(CC(=O)O)[C@H]2CCCC[C@@H]2N(CC(=O)O)CC(=O)O)N(CC(=O)O)CC(=O)O)cc1. The monoisotopic (exact) mass is 1700 g/mol. The zero-order valence-electron chi connectivity index (χ0n) is 63.8. The number of nitriles is 3. The lowest BCUT2D eigenvalue weighted by atomic mass is 9.87. The predicted octanol–water partition coefficient (Wildman–Crippen LogP) is 0.430. The van der Waals surface area contributed by atoms with Crippen molar-refractivity contribution in [2.24, 2.45) is 0 Å². The van der Waals surface area contributed by atoms with Gasteiger partial charge in [0.2, 0.25) is 0 Å². The Labute approximate surface area is 684 Å². The van der Waals surface area contributed by atoms with Gasteiger partial charge >= 0.3 is 83.6 Å². The van der Waals surface area contributed by atoms with Crippen molar-refractivity contribution < 1.29 is 139 Å². The predicted molar refractivity (Wildman–Crippen MR) is 414 cm³/mol. The lowest BCUT2D eigenvalue weighted by Gasteiger charge is -2.45. The van der Waals surface area contributed by atoms with E-state index >= 15 is 0 Å². The van der Waals surface area contributed by atoms with Crippen molar-refractivity contribution in [3.63, 3.8) is 0 Å². The number of hydrogen-bond acceptors (Lipinski definition) is 30. The summed E-state index contributed by atoms with van der Waals surface area (Å²) in [5.41, 5.74) is 2.25. The summed E-state index contributed by atoms with van der Waals surface area (Å²) in [6.45, 7) is -4.19. The number of thiocyanates is 3. The number of thioether (sulfide) groups is 3. The number of hydrogen-bond donors (Lipinski definition) is 14. The van der Waals surface area contributed by atoms with Crippen molar-refractivity contribution in [1.82, 2.24) is 49.0 Å². The molecule has 2 aliphatic rings. The maximum atomic E-state index is 12.0. The molecule has 1 heterocycles. The fraction of sp³-hybridized carbons (Fsp3) is 0.521. The Hall–Kier alpha value is -10.6. The fourth-order valence-electron chi connectivity index (χ4n) is 13.6. The summed E-state index contributed by atoms with van der Waals surface area (Å²) in [6.07, 6.45) is 2.91. The van der Waals surface area contributed by atoms with E-state index in [2.05, 4.69) is 0 Å². The summed E-state index contributed by atoms with van der Waals surface area (Å²) in [5.74, 6) is -16.8. The summed E-state index contributed by atoms with van der Waals surface area (Å²) in [4.78, 5) is 178. The van der Waals surface area contributed by atoms with Crippen LogP contribution in [-0.2, 0) is 86.4 Å². The maximum absolute atomic E-state index is 12.0. The van der Waals surface area contributed by atoms with E-state index in [4.69, 9.17) is 26.0 Å². The molecule has 3 aromatic rings. The van der Waals surface area contributed by atoms with Crippen LogP contribution in [0.5, 0.6) is 0 Å². The molecular weight excluding hydrogens is 1600 g/mol. The molecule has 1 saturated heterocycles. The Balaban J connectivity index is 0.000000454. The Morgan fingerprint density at radius 1 is 0.368 bits per heavy atom. The lowest BCUT2D eigenvalue weighted by Crippen LogP contribution is -2.59. The van der Waals surface area contributed by atoms with Gasteiger partial charge < -0.3 is 71.5 Å². The molecule has 0 radical (unpaired) electrons. The van der Waals surface area contributed by atoms with E-state index in [-0.39, 0.29) is 104 Å². The normalized spacial score (nSPS) is 16.5. The van der Waals surface area contributed by atoms with Crippen LogP contribution in [0, 0.1) is 32.0 Å². The molecule has 3 unspecified atom stereocenters. The minimum absolute atomic E-state index is 0.0727. The molecule has 0 bridgehead atoms. The van der Waals surface area contributed by atoms with Crippen LogP contribution in [0.1, 0.15) is 49.3 Å². The van der Waals surface area contributed by atoms with E-state index in [0.29, 0.717) is 53.0 Å². The van der Waals surface area contributed by atoms with Gasteiger partial charge in [-0.3, -0.25) is 116 Å². The van der Waals surface area contributed by atoms with E-state index in [1.54, 1.807) is 85.2 Å². The minimum Gasteiger partial charge on any atom is -0.480 e. The van der Waals surface area contributed by atoms with E-state index < -0.39 is 185 Å². The standard InChI is InChI=1S/C26H34N4O10S.C24H33N5O8S.C23H30N4O10S/c27-16-41-19-7-5-17(6-8-19)9-18(28(11-22(31)32)12-23(33)34)10-29(13-24(35)36)20-3-1-2-4-21(20)30(14-25(37)38)15-26(39)40;25-17-38-20-3-1-18(2-4-20)11-19-12-28(15-23(34)35)8-7-26(13-21(30)31)5-6-27(14-22(32)33)9-10-29(19)16-24(36)37;1-15(26(10-20(30)31)11-21(32)33)7-25(9-19(28)29)8-17(27(12-22(34)35)13-23(36)37)6-16-2-4-18(5-3-16)38-14-24/h5-8,18,20-21H,1-4,9-15H2,(H,31,32)(H,33,34)(H,35,36)(H,37,38)(H,39,40);1-4,19H,5-16H2,(H,30,31)(H,32,33)(H,34,35)(H,36,37);2-5,15,17H,6-13H2,1H3,(H,28,29)(H,30,31)(H,32,33)(H,34,35)(H,36,37)/t18-,20+,21+;;/m1../s1. The number of aliphatic carboxylic acids is 14. The summed E-state index contributed by atoms with van der Waals surface area (Å²) in [7, 11) is 0. The average Bonchev–Trinajstić information content (AvgIpc) is 0.793. The van der Waals surface area contributed by atoms with Crippen molar-refractivity contribution in [1.29, 1.82) is 15.8 Å². The molecule has 41 nitrogen and oxygen atoms in total. The summed E-state index contributed by atoms with van der Waals surface area (Å²) < 4.78 is 0. The van der Waals surface area contributed by atoms with Crippen LogP contribution in [-0.4, -0.2) is 397 Å². The second-order valence-corrected chi connectivity index (χ2v) is 29.9. The summed E-state index contributed by atoms with van der Waals surface area (Å²) >= 11 is 2.91. The minimum atomic E-state index is -1.29. The van der Waals surface area contributed by atoms with E-state index in [1.807, 2.05) is 28.3 Å². The van der Waals surface area contributed by atoms with Crippen LogP contribution in [0.25, 0.3) is 0 Å². The highest BCUT2D eigenvalue weighted by atomic mass is 32.2. The van der Waals surface area contributed by atoms with Crippen LogP contribution in [0.3, 0.4) is 0 Å². The van der Waals surface area contributed by atoms with Crippen LogP contribution in [0.4, 0.5) is 0 Å². The number of benzene rings is 3. The van der Waals surface area contributed by atoms with Gasteiger partial charge in [-0.2, -0.15) is 15.8 Å². The molecule has 2 fully saturated rings. The van der Waals surface area contributed by atoms with Crippen LogP contribution in [0.2, 0.25) is 0 Å². The molecule has 6 atom stereocenters. The molecule has 44 heteroatoms. The van der Waals surface area contributed by atoms with Crippen molar-refractivity contribution >= 4 is 119 Å². The molecule has 1 aliphatic carbocycles. The van der Waals surface area contributed by atoms with E-state index in [1.165, 1.54) is 26.5 Å². The van der Waals surface area contributed by atoms with Gasteiger partial charge in [-0.25, -0.2) is 0 Å². The van der Waals surface area contributed by atoms with Gasteiger partial charge in [-0.1, -0.05) is 49.2 Å². The zero-order valence-corrected chi connectivity index (χ0v) is 66.3. The van der Waals surface area contributed by atoms with Crippen LogP contribution < -0.4 is 0 Å². The molecule has 3 aromatic carbocycles. The number of carboxylic acids is 14. The molecule has 0 amide bonds.